The molecule has 0 saturated heterocycles. The molecule has 8 heteroatoms. The molecule has 0 aliphatic heterocycles. The fourth-order valence-corrected chi connectivity index (χ4v) is 2.83. The van der Waals surface area contributed by atoms with Crippen LogP contribution < -0.4 is 5.32 Å². The molecule has 29 heavy (non-hydrogen) atoms. The summed E-state index contributed by atoms with van der Waals surface area (Å²) in [5.41, 5.74) is 2.42. The molecule has 1 amide bonds. The second-order valence-electron chi connectivity index (χ2n) is 6.54. The Bertz CT molecular complexity index is 941. The number of halogens is 3. The van der Waals surface area contributed by atoms with Gasteiger partial charge in [0.25, 0.3) is 5.91 Å². The highest BCUT2D eigenvalue weighted by atomic mass is 19.4. The Morgan fingerprint density at radius 1 is 1.07 bits per heavy atom. The van der Waals surface area contributed by atoms with Crippen molar-refractivity contribution in [2.24, 2.45) is 0 Å². The molecule has 0 spiro atoms. The van der Waals surface area contributed by atoms with Crippen LogP contribution in [0.4, 0.5) is 13.2 Å². The second-order valence-corrected chi connectivity index (χ2v) is 6.54. The van der Waals surface area contributed by atoms with Crippen molar-refractivity contribution in [3.63, 3.8) is 0 Å². The number of rotatable bonds is 7. The zero-order valence-corrected chi connectivity index (χ0v) is 15.4. The maximum absolute atomic E-state index is 12.6. The first-order valence-electron chi connectivity index (χ1n) is 9.04. The van der Waals surface area contributed by atoms with Crippen LogP contribution in [0.15, 0.2) is 66.9 Å². The van der Waals surface area contributed by atoms with Gasteiger partial charge in [0.15, 0.2) is 6.10 Å². The third-order valence-electron chi connectivity index (χ3n) is 4.32. The van der Waals surface area contributed by atoms with Crippen molar-refractivity contribution in [2.45, 2.75) is 25.2 Å². The number of aromatic nitrogens is 2. The number of nitrogens with one attached hydrogen (secondary N) is 1. The summed E-state index contributed by atoms with van der Waals surface area (Å²) in [6.07, 6.45) is -6.23. The molecule has 0 radical (unpaired) electrons. The van der Waals surface area contributed by atoms with Crippen molar-refractivity contribution in [2.75, 3.05) is 6.54 Å². The van der Waals surface area contributed by atoms with Crippen molar-refractivity contribution >= 4 is 5.91 Å². The average molecular weight is 403 g/mol. The van der Waals surface area contributed by atoms with Crippen LogP contribution in [0.2, 0.25) is 0 Å². The largest absolute Gasteiger partial charge is 0.414 e. The highest BCUT2D eigenvalue weighted by Gasteiger charge is 2.37. The lowest BCUT2D eigenvalue weighted by atomic mass is 10.1. The number of benzene rings is 2. The minimum absolute atomic E-state index is 0.258. The third kappa shape index (κ3) is 5.45. The number of amides is 1. The van der Waals surface area contributed by atoms with Gasteiger partial charge < -0.3 is 10.4 Å². The van der Waals surface area contributed by atoms with E-state index in [0.717, 1.165) is 11.1 Å². The zero-order valence-electron chi connectivity index (χ0n) is 15.4. The van der Waals surface area contributed by atoms with E-state index < -0.39 is 24.6 Å². The van der Waals surface area contributed by atoms with E-state index in [0.29, 0.717) is 12.2 Å². The van der Waals surface area contributed by atoms with Crippen LogP contribution in [0.1, 0.15) is 22.3 Å². The summed E-state index contributed by atoms with van der Waals surface area (Å²) < 4.78 is 38.9. The Kier molecular flexibility index (Phi) is 6.33. The predicted octanol–water partition coefficient (Wildman–Crippen LogP) is 3.64. The second kappa shape index (κ2) is 8.91. The van der Waals surface area contributed by atoms with Crippen molar-refractivity contribution in [1.29, 1.82) is 0 Å². The van der Waals surface area contributed by atoms with E-state index in [2.05, 4.69) is 10.4 Å². The van der Waals surface area contributed by atoms with Crippen LogP contribution in [0.25, 0.3) is 11.3 Å². The van der Waals surface area contributed by atoms with Crippen molar-refractivity contribution in [3.05, 3.63) is 78.0 Å². The van der Waals surface area contributed by atoms with Gasteiger partial charge in [-0.05, 0) is 12.0 Å². The molecular weight excluding hydrogens is 383 g/mol. The summed E-state index contributed by atoms with van der Waals surface area (Å²) >= 11 is 0. The molecule has 1 unspecified atom stereocenters. The number of aliphatic hydroxyl groups is 1. The summed E-state index contributed by atoms with van der Waals surface area (Å²) in [5, 5.41) is 16.0. The SMILES string of the molecule is O=C(NCCC(O)C(F)(F)F)c1cn(Cc2ccccc2)nc1-c1ccccc1. The molecule has 1 heterocycles. The number of alkyl halides is 3. The van der Waals surface area contributed by atoms with Gasteiger partial charge in [-0.25, -0.2) is 0 Å². The Morgan fingerprint density at radius 3 is 2.31 bits per heavy atom. The number of carbonyl (C=O) groups excluding carboxylic acids is 1. The lowest BCUT2D eigenvalue weighted by Crippen LogP contribution is -2.34. The molecule has 1 atom stereocenters. The van der Waals surface area contributed by atoms with Crippen molar-refractivity contribution in [3.8, 4) is 11.3 Å². The van der Waals surface area contributed by atoms with Gasteiger partial charge in [0, 0.05) is 18.3 Å². The van der Waals surface area contributed by atoms with E-state index in [1.165, 1.54) is 0 Å². The highest BCUT2D eigenvalue weighted by molar-refractivity contribution is 5.99. The number of aliphatic hydroxyl groups excluding tert-OH is 1. The fraction of sp³-hybridized carbons (Fsp3) is 0.238. The van der Waals surface area contributed by atoms with Crippen molar-refractivity contribution in [1.82, 2.24) is 15.1 Å². The first kappa shape index (κ1) is 20.6. The Balaban J connectivity index is 1.79. The molecule has 1 aromatic heterocycles. The number of hydrogen-bond acceptors (Lipinski definition) is 3. The maximum Gasteiger partial charge on any atom is 0.414 e. The summed E-state index contributed by atoms with van der Waals surface area (Å²) in [6, 6.07) is 18.6. The Hall–Kier alpha value is -3.13. The predicted molar refractivity (Wildman–Crippen MR) is 102 cm³/mol. The number of hydrogen-bond donors (Lipinski definition) is 2. The normalized spacial score (nSPS) is 12.6. The molecule has 5 nitrogen and oxygen atoms in total. The molecule has 152 valence electrons. The molecule has 0 bridgehead atoms. The van der Waals surface area contributed by atoms with Crippen LogP contribution in [0.3, 0.4) is 0 Å². The first-order valence-corrected chi connectivity index (χ1v) is 9.04. The molecule has 3 aromatic rings. The van der Waals surface area contributed by atoms with Crippen LogP contribution >= 0.6 is 0 Å². The summed E-state index contributed by atoms with van der Waals surface area (Å²) in [4.78, 5) is 12.6. The minimum Gasteiger partial charge on any atom is -0.384 e. The van der Waals surface area contributed by atoms with Gasteiger partial charge in [-0.3, -0.25) is 9.48 Å². The van der Waals surface area contributed by atoms with Gasteiger partial charge in [0.2, 0.25) is 0 Å². The van der Waals surface area contributed by atoms with Gasteiger partial charge in [-0.2, -0.15) is 18.3 Å². The summed E-state index contributed by atoms with van der Waals surface area (Å²) in [6.45, 7) is 0.137. The number of nitrogens with zero attached hydrogens (tertiary/aromatic N) is 2. The average Bonchev–Trinajstić information content (AvgIpc) is 3.12. The number of carbonyl (C=O) groups is 1. The summed E-state index contributed by atoms with van der Waals surface area (Å²) in [7, 11) is 0. The maximum atomic E-state index is 12.6. The van der Waals surface area contributed by atoms with Crippen LogP contribution in [-0.2, 0) is 6.54 Å². The molecule has 0 aliphatic carbocycles. The van der Waals surface area contributed by atoms with Gasteiger partial charge >= 0.3 is 6.18 Å². The first-order chi connectivity index (χ1) is 13.8. The molecule has 2 N–H and O–H groups in total. The van der Waals surface area contributed by atoms with Crippen LogP contribution in [-0.4, -0.2) is 39.6 Å². The minimum atomic E-state index is -4.71. The lowest BCUT2D eigenvalue weighted by molar-refractivity contribution is -0.204. The molecule has 2 aromatic carbocycles. The highest BCUT2D eigenvalue weighted by Crippen LogP contribution is 2.23. The van der Waals surface area contributed by atoms with E-state index in [9.17, 15) is 18.0 Å². The summed E-state index contributed by atoms with van der Waals surface area (Å²) in [5.74, 6) is -0.544. The Morgan fingerprint density at radius 2 is 1.69 bits per heavy atom. The molecular formula is C21H20F3N3O2. The topological polar surface area (TPSA) is 67.2 Å². The van der Waals surface area contributed by atoms with Crippen molar-refractivity contribution < 1.29 is 23.1 Å². The van der Waals surface area contributed by atoms with E-state index in [4.69, 9.17) is 5.11 Å². The Labute approximate surface area is 165 Å². The zero-order chi connectivity index (χ0) is 20.9. The van der Waals surface area contributed by atoms with Gasteiger partial charge in [-0.1, -0.05) is 60.7 Å². The lowest BCUT2D eigenvalue weighted by Gasteiger charge is -2.14. The van der Waals surface area contributed by atoms with Gasteiger partial charge in [-0.15, -0.1) is 0 Å². The molecule has 0 saturated carbocycles. The smallest absolute Gasteiger partial charge is 0.384 e. The van der Waals surface area contributed by atoms with Crippen LogP contribution in [0.5, 0.6) is 0 Å². The third-order valence-corrected chi connectivity index (χ3v) is 4.32. The van der Waals surface area contributed by atoms with E-state index in [1.807, 2.05) is 48.5 Å². The molecule has 0 aliphatic rings. The standard InChI is InChI=1S/C21H20F3N3O2/c22-21(23,24)18(28)11-12-25-20(29)17-14-27(13-15-7-3-1-4-8-15)26-19(17)16-9-5-2-6-10-16/h1-10,14,18,28H,11-13H2,(H,25,29). The van der Waals surface area contributed by atoms with E-state index in [1.54, 1.807) is 23.0 Å². The fourth-order valence-electron chi connectivity index (χ4n) is 2.83. The molecule has 0 fully saturated rings. The van der Waals surface area contributed by atoms with E-state index in [-0.39, 0.29) is 12.1 Å². The monoisotopic (exact) mass is 403 g/mol. The quantitative estimate of drug-likeness (QED) is 0.633. The van der Waals surface area contributed by atoms with Gasteiger partial charge in [0.05, 0.1) is 12.1 Å². The van der Waals surface area contributed by atoms with Crippen LogP contribution in [0, 0.1) is 0 Å². The molecule has 3 rings (SSSR count). The van der Waals surface area contributed by atoms with Gasteiger partial charge in [0.1, 0.15) is 5.69 Å². The van der Waals surface area contributed by atoms with E-state index >= 15 is 0 Å².